The zero-order chi connectivity index (χ0) is 19.9. The normalized spacial score (nSPS) is 14.3. The SMILES string of the molecule is Cc1ccc(OCCC(=O)N[C@@H](c2ccc3c(c2)OCCCO3)C(C)C)cc1. The van der Waals surface area contributed by atoms with E-state index in [9.17, 15) is 4.79 Å². The van der Waals surface area contributed by atoms with E-state index in [1.165, 1.54) is 5.56 Å². The van der Waals surface area contributed by atoms with Crippen LogP contribution in [-0.2, 0) is 4.79 Å². The molecule has 150 valence electrons. The van der Waals surface area contributed by atoms with Crippen molar-refractivity contribution in [3.8, 4) is 17.2 Å². The van der Waals surface area contributed by atoms with Gasteiger partial charge in [-0.05, 0) is 42.7 Å². The van der Waals surface area contributed by atoms with Crippen LogP contribution in [0.4, 0.5) is 0 Å². The number of aryl methyl sites for hydroxylation is 1. The van der Waals surface area contributed by atoms with E-state index in [1.54, 1.807) is 0 Å². The van der Waals surface area contributed by atoms with Gasteiger partial charge in [0.2, 0.25) is 5.91 Å². The zero-order valence-electron chi connectivity index (χ0n) is 16.9. The summed E-state index contributed by atoms with van der Waals surface area (Å²) in [6, 6.07) is 13.6. The highest BCUT2D eigenvalue weighted by atomic mass is 16.5. The summed E-state index contributed by atoms with van der Waals surface area (Å²) >= 11 is 0. The van der Waals surface area contributed by atoms with Crippen LogP contribution in [0.25, 0.3) is 0 Å². The Hall–Kier alpha value is -2.69. The molecule has 0 spiro atoms. The van der Waals surface area contributed by atoms with Crippen molar-refractivity contribution >= 4 is 5.91 Å². The maximum atomic E-state index is 12.5. The molecule has 0 fully saturated rings. The van der Waals surface area contributed by atoms with Gasteiger partial charge in [0.05, 0.1) is 32.3 Å². The molecule has 1 heterocycles. The van der Waals surface area contributed by atoms with Gasteiger partial charge in [-0.1, -0.05) is 37.6 Å². The van der Waals surface area contributed by atoms with E-state index in [0.717, 1.165) is 29.2 Å². The number of amides is 1. The number of benzene rings is 2. The van der Waals surface area contributed by atoms with Crippen molar-refractivity contribution in [2.24, 2.45) is 5.92 Å². The summed E-state index contributed by atoms with van der Waals surface area (Å²) < 4.78 is 17.2. The molecule has 0 saturated heterocycles. The lowest BCUT2D eigenvalue weighted by Gasteiger charge is -2.24. The molecule has 2 aromatic carbocycles. The molecule has 1 N–H and O–H groups in total. The second-order valence-corrected chi connectivity index (χ2v) is 7.46. The van der Waals surface area contributed by atoms with Crippen molar-refractivity contribution in [2.45, 2.75) is 39.7 Å². The number of nitrogens with one attached hydrogen (secondary N) is 1. The summed E-state index contributed by atoms with van der Waals surface area (Å²) in [5.41, 5.74) is 2.20. The summed E-state index contributed by atoms with van der Waals surface area (Å²) in [5, 5.41) is 3.14. The molecule has 5 nitrogen and oxygen atoms in total. The van der Waals surface area contributed by atoms with Crippen LogP contribution in [0.15, 0.2) is 42.5 Å². The maximum absolute atomic E-state index is 12.5. The van der Waals surface area contributed by atoms with E-state index in [0.29, 0.717) is 26.2 Å². The first-order chi connectivity index (χ1) is 13.5. The van der Waals surface area contributed by atoms with Gasteiger partial charge in [0, 0.05) is 6.42 Å². The predicted octanol–water partition coefficient (Wildman–Crippen LogP) is 4.44. The van der Waals surface area contributed by atoms with Crippen LogP contribution in [-0.4, -0.2) is 25.7 Å². The zero-order valence-corrected chi connectivity index (χ0v) is 16.9. The Kier molecular flexibility index (Phi) is 6.80. The molecule has 0 aromatic heterocycles. The lowest BCUT2D eigenvalue weighted by atomic mass is 9.95. The van der Waals surface area contributed by atoms with E-state index in [1.807, 2.05) is 49.4 Å². The number of fused-ring (bicyclic) bond motifs is 1. The fourth-order valence-electron chi connectivity index (χ4n) is 3.15. The summed E-state index contributed by atoms with van der Waals surface area (Å²) in [4.78, 5) is 12.5. The third-order valence-electron chi connectivity index (χ3n) is 4.73. The van der Waals surface area contributed by atoms with Gasteiger partial charge in [0.1, 0.15) is 5.75 Å². The molecule has 1 atom stereocenters. The highest BCUT2D eigenvalue weighted by Gasteiger charge is 2.21. The molecule has 0 radical (unpaired) electrons. The number of carbonyl (C=O) groups excluding carboxylic acids is 1. The quantitative estimate of drug-likeness (QED) is 0.768. The van der Waals surface area contributed by atoms with Gasteiger partial charge < -0.3 is 19.5 Å². The topological polar surface area (TPSA) is 56.8 Å². The molecular formula is C23H29NO4. The Labute approximate surface area is 167 Å². The molecule has 28 heavy (non-hydrogen) atoms. The molecule has 5 heteroatoms. The van der Waals surface area contributed by atoms with E-state index >= 15 is 0 Å². The van der Waals surface area contributed by atoms with Crippen molar-refractivity contribution < 1.29 is 19.0 Å². The van der Waals surface area contributed by atoms with Gasteiger partial charge in [0.15, 0.2) is 11.5 Å². The van der Waals surface area contributed by atoms with Crippen LogP contribution in [0.1, 0.15) is 43.9 Å². The second kappa shape index (κ2) is 9.49. The van der Waals surface area contributed by atoms with Crippen LogP contribution in [0.5, 0.6) is 17.2 Å². The largest absolute Gasteiger partial charge is 0.493 e. The Morgan fingerprint density at radius 2 is 1.79 bits per heavy atom. The minimum Gasteiger partial charge on any atom is -0.493 e. The van der Waals surface area contributed by atoms with E-state index < -0.39 is 0 Å². The predicted molar refractivity (Wildman–Crippen MR) is 109 cm³/mol. The maximum Gasteiger partial charge on any atom is 0.223 e. The molecule has 1 amide bonds. The van der Waals surface area contributed by atoms with Gasteiger partial charge >= 0.3 is 0 Å². The molecule has 1 aliphatic rings. The Balaban J connectivity index is 1.58. The molecule has 2 aromatic rings. The van der Waals surface area contributed by atoms with E-state index in [-0.39, 0.29) is 17.9 Å². The van der Waals surface area contributed by atoms with Crippen molar-refractivity contribution in [3.05, 3.63) is 53.6 Å². The number of hydrogen-bond acceptors (Lipinski definition) is 4. The number of rotatable bonds is 7. The first-order valence-electron chi connectivity index (χ1n) is 9.91. The first kappa shape index (κ1) is 20.1. The molecule has 1 aliphatic heterocycles. The van der Waals surface area contributed by atoms with E-state index in [4.69, 9.17) is 14.2 Å². The molecule has 0 bridgehead atoms. The van der Waals surface area contributed by atoms with Crippen molar-refractivity contribution in [1.82, 2.24) is 5.32 Å². The van der Waals surface area contributed by atoms with Crippen LogP contribution >= 0.6 is 0 Å². The highest BCUT2D eigenvalue weighted by Crippen LogP contribution is 2.34. The van der Waals surface area contributed by atoms with Gasteiger partial charge in [-0.15, -0.1) is 0 Å². The molecule has 3 rings (SSSR count). The van der Waals surface area contributed by atoms with Crippen LogP contribution in [0.2, 0.25) is 0 Å². The third-order valence-corrected chi connectivity index (χ3v) is 4.73. The summed E-state index contributed by atoms with van der Waals surface area (Å²) in [7, 11) is 0. The standard InChI is InChI=1S/C23H29NO4/c1-16(2)23(18-7-10-20-21(15-18)28-13-4-12-27-20)24-22(25)11-14-26-19-8-5-17(3)6-9-19/h5-10,15-16,23H,4,11-14H2,1-3H3,(H,24,25)/t23-/m1/s1. The smallest absolute Gasteiger partial charge is 0.223 e. The minimum absolute atomic E-state index is 0.0297. The summed E-state index contributed by atoms with van der Waals surface area (Å²) in [6.07, 6.45) is 1.18. The van der Waals surface area contributed by atoms with Gasteiger partial charge in [-0.25, -0.2) is 0 Å². The molecule has 0 unspecified atom stereocenters. The summed E-state index contributed by atoms with van der Waals surface area (Å²) in [5.74, 6) is 2.51. The van der Waals surface area contributed by atoms with Gasteiger partial charge in [-0.3, -0.25) is 4.79 Å². The Morgan fingerprint density at radius 1 is 1.07 bits per heavy atom. The number of hydrogen-bond donors (Lipinski definition) is 1. The lowest BCUT2D eigenvalue weighted by molar-refractivity contribution is -0.122. The van der Waals surface area contributed by atoms with Crippen LogP contribution in [0.3, 0.4) is 0 Å². The van der Waals surface area contributed by atoms with Crippen molar-refractivity contribution in [2.75, 3.05) is 19.8 Å². The average Bonchev–Trinajstić information content (AvgIpc) is 2.92. The van der Waals surface area contributed by atoms with Gasteiger partial charge in [0.25, 0.3) is 0 Å². The van der Waals surface area contributed by atoms with Gasteiger partial charge in [-0.2, -0.15) is 0 Å². The second-order valence-electron chi connectivity index (χ2n) is 7.46. The lowest BCUT2D eigenvalue weighted by Crippen LogP contribution is -2.32. The highest BCUT2D eigenvalue weighted by molar-refractivity contribution is 5.76. The average molecular weight is 383 g/mol. The van der Waals surface area contributed by atoms with E-state index in [2.05, 4.69) is 19.2 Å². The Bertz CT molecular complexity index is 786. The monoisotopic (exact) mass is 383 g/mol. The molecule has 0 aliphatic carbocycles. The third kappa shape index (κ3) is 5.41. The van der Waals surface area contributed by atoms with Crippen LogP contribution < -0.4 is 19.5 Å². The number of carbonyl (C=O) groups is 1. The van der Waals surface area contributed by atoms with Crippen LogP contribution in [0, 0.1) is 12.8 Å². The fraction of sp³-hybridized carbons (Fsp3) is 0.435. The Morgan fingerprint density at radius 3 is 2.50 bits per heavy atom. The summed E-state index contributed by atoms with van der Waals surface area (Å²) in [6.45, 7) is 7.88. The molecule has 0 saturated carbocycles. The minimum atomic E-state index is -0.0935. The fourth-order valence-corrected chi connectivity index (χ4v) is 3.15. The first-order valence-corrected chi connectivity index (χ1v) is 9.91. The van der Waals surface area contributed by atoms with Crippen molar-refractivity contribution in [3.63, 3.8) is 0 Å². The number of ether oxygens (including phenoxy) is 3. The molecular weight excluding hydrogens is 354 g/mol. The van der Waals surface area contributed by atoms with Crippen molar-refractivity contribution in [1.29, 1.82) is 0 Å².